The van der Waals surface area contributed by atoms with E-state index in [1.165, 1.54) is 30.5 Å². The number of carbonyl (C=O) groups excluding carboxylic acids is 1. The summed E-state index contributed by atoms with van der Waals surface area (Å²) in [6.45, 7) is 4.95. The summed E-state index contributed by atoms with van der Waals surface area (Å²) in [4.78, 5) is 29.8. The lowest BCUT2D eigenvalue weighted by Gasteiger charge is -2.39. The monoisotopic (exact) mass is 413 g/mol. The Labute approximate surface area is 170 Å². The summed E-state index contributed by atoms with van der Waals surface area (Å²) in [5.74, 6) is -0.858. The highest BCUT2D eigenvalue weighted by Gasteiger charge is 2.30. The summed E-state index contributed by atoms with van der Waals surface area (Å²) in [6, 6.07) is 7.12. The van der Waals surface area contributed by atoms with Gasteiger partial charge in [0, 0.05) is 31.1 Å². The molecular weight excluding hydrogens is 397 g/mol. The first-order valence-corrected chi connectivity index (χ1v) is 9.35. The molecule has 6 nitrogen and oxygen atoms in total. The number of hydrogen-bond acceptors (Lipinski definition) is 4. The average molecular weight is 414 g/mol. The fourth-order valence-electron chi connectivity index (χ4n) is 3.60. The van der Waals surface area contributed by atoms with E-state index in [9.17, 15) is 19.1 Å². The van der Waals surface area contributed by atoms with Crippen LogP contribution in [0, 0.1) is 11.7 Å². The van der Waals surface area contributed by atoms with Crippen LogP contribution in [0.3, 0.4) is 0 Å². The van der Waals surface area contributed by atoms with E-state index in [0.29, 0.717) is 36.2 Å². The van der Waals surface area contributed by atoms with Gasteiger partial charge in [-0.05, 0) is 30.3 Å². The highest BCUT2D eigenvalue weighted by molar-refractivity contribution is 6.34. The molecule has 2 aromatic carbocycles. The first-order chi connectivity index (χ1) is 13.9. The maximum Gasteiger partial charge on any atom is 0.269 e. The van der Waals surface area contributed by atoms with E-state index in [-0.39, 0.29) is 33.7 Å². The smallest absolute Gasteiger partial charge is 0.269 e. The lowest BCUT2D eigenvalue weighted by molar-refractivity contribution is -0.132. The lowest BCUT2D eigenvalue weighted by Crippen LogP contribution is -2.51. The van der Waals surface area contributed by atoms with Crippen LogP contribution < -0.4 is 5.56 Å². The summed E-state index contributed by atoms with van der Waals surface area (Å²) in [7, 11) is 0. The first-order valence-electron chi connectivity index (χ1n) is 8.97. The zero-order valence-corrected chi connectivity index (χ0v) is 16.1. The number of phenolic OH excluding ortho intramolecular Hbond substituents is 1. The number of likely N-dealkylation sites (tertiary alicyclic amines) is 1. The predicted octanol–water partition coefficient (Wildman–Crippen LogP) is 3.21. The second kappa shape index (κ2) is 7.33. The molecule has 0 radical (unpaired) electrons. The van der Waals surface area contributed by atoms with Crippen molar-refractivity contribution in [3.8, 4) is 16.9 Å². The molecule has 2 heterocycles. The van der Waals surface area contributed by atoms with Crippen molar-refractivity contribution >= 4 is 28.5 Å². The highest BCUT2D eigenvalue weighted by atomic mass is 35.5. The molecule has 3 aromatic rings. The largest absolute Gasteiger partial charge is 0.507 e. The summed E-state index contributed by atoms with van der Waals surface area (Å²) < 4.78 is 15.8. The lowest BCUT2D eigenvalue weighted by atomic mass is 9.99. The number of carbonyl (C=O) groups is 1. The maximum absolute atomic E-state index is 14.3. The van der Waals surface area contributed by atoms with Crippen molar-refractivity contribution in [1.29, 1.82) is 0 Å². The van der Waals surface area contributed by atoms with Gasteiger partial charge in [0.1, 0.15) is 11.6 Å². The number of aromatic hydroxyl groups is 1. The van der Waals surface area contributed by atoms with Crippen molar-refractivity contribution in [3.63, 3.8) is 0 Å². The third-order valence-electron chi connectivity index (χ3n) is 5.08. The van der Waals surface area contributed by atoms with Gasteiger partial charge in [-0.3, -0.25) is 9.59 Å². The Morgan fingerprint density at radius 3 is 2.83 bits per heavy atom. The van der Waals surface area contributed by atoms with Gasteiger partial charge in [0.15, 0.2) is 0 Å². The minimum Gasteiger partial charge on any atom is -0.507 e. The SMILES string of the molecule is C=CC(=O)N1CC(Cn2c(=O)cnc3cc(-c4c(O)cccc4F)c(Cl)cc32)C1. The molecule has 1 N–H and O–H groups in total. The second-order valence-electron chi connectivity index (χ2n) is 6.98. The molecule has 0 unspecified atom stereocenters. The topological polar surface area (TPSA) is 75.4 Å². The van der Waals surface area contributed by atoms with E-state index in [1.807, 2.05) is 0 Å². The molecule has 0 aliphatic carbocycles. The zero-order valence-electron chi connectivity index (χ0n) is 15.3. The number of phenols is 1. The Bertz CT molecular complexity index is 1180. The van der Waals surface area contributed by atoms with E-state index >= 15 is 0 Å². The normalized spacial score (nSPS) is 14.1. The van der Waals surface area contributed by atoms with Crippen molar-refractivity contribution in [2.75, 3.05) is 13.1 Å². The molecule has 148 valence electrons. The van der Waals surface area contributed by atoms with E-state index in [1.54, 1.807) is 21.6 Å². The number of fused-ring (bicyclic) bond motifs is 1. The number of amides is 1. The Balaban J connectivity index is 1.73. The summed E-state index contributed by atoms with van der Waals surface area (Å²) in [5.41, 5.74) is 0.944. The molecule has 1 aromatic heterocycles. The zero-order chi connectivity index (χ0) is 20.7. The maximum atomic E-state index is 14.3. The molecule has 0 bridgehead atoms. The molecule has 1 saturated heterocycles. The van der Waals surface area contributed by atoms with Gasteiger partial charge in [0.25, 0.3) is 5.56 Å². The van der Waals surface area contributed by atoms with Gasteiger partial charge in [-0.25, -0.2) is 9.37 Å². The molecule has 1 fully saturated rings. The van der Waals surface area contributed by atoms with Gasteiger partial charge in [-0.15, -0.1) is 0 Å². The van der Waals surface area contributed by atoms with Gasteiger partial charge in [0.05, 0.1) is 27.8 Å². The molecule has 0 spiro atoms. The van der Waals surface area contributed by atoms with Gasteiger partial charge in [0.2, 0.25) is 5.91 Å². The first kappa shape index (κ1) is 19.1. The Morgan fingerprint density at radius 1 is 1.38 bits per heavy atom. The highest BCUT2D eigenvalue weighted by Crippen LogP contribution is 2.38. The van der Waals surface area contributed by atoms with Crippen LogP contribution in [-0.2, 0) is 11.3 Å². The van der Waals surface area contributed by atoms with Crippen molar-refractivity contribution in [3.05, 3.63) is 70.4 Å². The minimum atomic E-state index is -0.610. The number of hydrogen-bond donors (Lipinski definition) is 1. The van der Waals surface area contributed by atoms with E-state index in [4.69, 9.17) is 11.6 Å². The van der Waals surface area contributed by atoms with E-state index < -0.39 is 5.82 Å². The predicted molar refractivity (Wildman–Crippen MR) is 108 cm³/mol. The van der Waals surface area contributed by atoms with Crippen LogP contribution in [-0.4, -0.2) is 38.6 Å². The van der Waals surface area contributed by atoms with Gasteiger partial charge in [-0.1, -0.05) is 24.2 Å². The fraction of sp³-hybridized carbons (Fsp3) is 0.190. The van der Waals surface area contributed by atoms with Gasteiger partial charge in [-0.2, -0.15) is 0 Å². The second-order valence-corrected chi connectivity index (χ2v) is 7.38. The third-order valence-corrected chi connectivity index (χ3v) is 5.39. The third kappa shape index (κ3) is 3.38. The minimum absolute atomic E-state index is 0.0171. The summed E-state index contributed by atoms with van der Waals surface area (Å²) >= 11 is 6.39. The number of benzene rings is 2. The van der Waals surface area contributed by atoms with E-state index in [2.05, 4.69) is 11.6 Å². The molecule has 29 heavy (non-hydrogen) atoms. The summed E-state index contributed by atoms with van der Waals surface area (Å²) in [6.07, 6.45) is 2.47. The number of nitrogens with zero attached hydrogens (tertiary/aromatic N) is 3. The molecule has 0 saturated carbocycles. The van der Waals surface area contributed by atoms with Crippen LogP contribution in [0.5, 0.6) is 5.75 Å². The quantitative estimate of drug-likeness (QED) is 0.666. The van der Waals surface area contributed by atoms with Crippen molar-refractivity contribution < 1.29 is 14.3 Å². The Kier molecular flexibility index (Phi) is 4.84. The van der Waals surface area contributed by atoms with Crippen LogP contribution >= 0.6 is 11.6 Å². The molecule has 1 aliphatic rings. The molecule has 4 rings (SSSR count). The van der Waals surface area contributed by atoms with Crippen molar-refractivity contribution in [2.45, 2.75) is 6.54 Å². The van der Waals surface area contributed by atoms with Crippen molar-refractivity contribution in [2.24, 2.45) is 5.92 Å². The van der Waals surface area contributed by atoms with E-state index in [0.717, 1.165) is 0 Å². The molecular formula is C21H17ClFN3O3. The van der Waals surface area contributed by atoms with Crippen LogP contribution in [0.1, 0.15) is 0 Å². The Hall–Kier alpha value is -3.19. The average Bonchev–Trinajstić information content (AvgIpc) is 2.65. The number of halogens is 2. The number of aromatic nitrogens is 2. The molecule has 8 heteroatoms. The molecule has 1 amide bonds. The number of rotatable bonds is 4. The van der Waals surface area contributed by atoms with Gasteiger partial charge < -0.3 is 14.6 Å². The van der Waals surface area contributed by atoms with Crippen LogP contribution in [0.15, 0.2) is 54.0 Å². The standard InChI is InChI=1S/C21H17ClFN3O3/c1-2-19(28)25-9-12(10-25)11-26-17-7-14(22)13(6-16(17)24-8-20(26)29)21-15(23)4-3-5-18(21)27/h2-8,12,27H,1,9-11H2. The summed E-state index contributed by atoms with van der Waals surface area (Å²) in [5, 5.41) is 10.3. The van der Waals surface area contributed by atoms with Crippen LogP contribution in [0.25, 0.3) is 22.2 Å². The Morgan fingerprint density at radius 2 is 2.14 bits per heavy atom. The van der Waals surface area contributed by atoms with Crippen LogP contribution in [0.4, 0.5) is 4.39 Å². The molecule has 0 atom stereocenters. The van der Waals surface area contributed by atoms with Crippen LogP contribution in [0.2, 0.25) is 5.02 Å². The van der Waals surface area contributed by atoms with Crippen molar-refractivity contribution in [1.82, 2.24) is 14.5 Å². The molecule has 1 aliphatic heterocycles. The van der Waals surface area contributed by atoms with Gasteiger partial charge >= 0.3 is 0 Å². The fourth-order valence-corrected chi connectivity index (χ4v) is 3.85.